The standard InChI is InChI=1S/C21H22ClN5O4/c1-4-30-18-15(22)9-13(10-16(18)29-3)19(28)31-11-17-25-20(23)27-21(26-17)24-14-7-5-12(2)6-8-14/h5-10H,4,11H2,1-3H3,(H3,23,24,25,26,27). The summed E-state index contributed by atoms with van der Waals surface area (Å²) < 4.78 is 16.0. The number of ether oxygens (including phenoxy) is 3. The third kappa shape index (κ3) is 5.73. The van der Waals surface area contributed by atoms with Crippen LogP contribution in [0.15, 0.2) is 36.4 Å². The predicted octanol–water partition coefficient (Wildman–Crippen LogP) is 3.92. The number of hydrogen-bond acceptors (Lipinski definition) is 9. The van der Waals surface area contributed by atoms with Crippen LogP contribution in [0.2, 0.25) is 5.02 Å². The molecular weight excluding hydrogens is 422 g/mol. The van der Waals surface area contributed by atoms with Crippen molar-refractivity contribution >= 4 is 35.2 Å². The zero-order valence-electron chi connectivity index (χ0n) is 17.3. The van der Waals surface area contributed by atoms with E-state index in [1.165, 1.54) is 19.2 Å². The predicted molar refractivity (Wildman–Crippen MR) is 117 cm³/mol. The van der Waals surface area contributed by atoms with Gasteiger partial charge in [-0.15, -0.1) is 0 Å². The van der Waals surface area contributed by atoms with Crippen molar-refractivity contribution < 1.29 is 19.0 Å². The largest absolute Gasteiger partial charge is 0.493 e. The maximum Gasteiger partial charge on any atom is 0.338 e. The summed E-state index contributed by atoms with van der Waals surface area (Å²) in [6.07, 6.45) is 0. The first-order chi connectivity index (χ1) is 14.9. The maximum absolute atomic E-state index is 12.5. The van der Waals surface area contributed by atoms with Gasteiger partial charge in [0, 0.05) is 5.69 Å². The molecule has 9 nitrogen and oxygen atoms in total. The summed E-state index contributed by atoms with van der Waals surface area (Å²) >= 11 is 6.21. The molecule has 0 saturated carbocycles. The van der Waals surface area contributed by atoms with Crippen LogP contribution in [0.25, 0.3) is 0 Å². The highest BCUT2D eigenvalue weighted by molar-refractivity contribution is 6.32. The summed E-state index contributed by atoms with van der Waals surface area (Å²) in [5.41, 5.74) is 7.88. The molecular formula is C21H22ClN5O4. The quantitative estimate of drug-likeness (QED) is 0.498. The van der Waals surface area contributed by atoms with Crippen molar-refractivity contribution in [3.63, 3.8) is 0 Å². The number of benzene rings is 2. The van der Waals surface area contributed by atoms with E-state index < -0.39 is 5.97 Å². The summed E-state index contributed by atoms with van der Waals surface area (Å²) in [6.45, 7) is 4.01. The highest BCUT2D eigenvalue weighted by Gasteiger charge is 2.17. The molecule has 0 atom stereocenters. The molecule has 0 aliphatic carbocycles. The van der Waals surface area contributed by atoms with E-state index in [4.69, 9.17) is 31.5 Å². The molecule has 0 saturated heterocycles. The molecule has 31 heavy (non-hydrogen) atoms. The summed E-state index contributed by atoms with van der Waals surface area (Å²) in [5, 5.41) is 3.28. The van der Waals surface area contributed by atoms with Crippen LogP contribution in [-0.4, -0.2) is 34.6 Å². The Hall–Kier alpha value is -3.59. The second-order valence-corrected chi connectivity index (χ2v) is 6.83. The van der Waals surface area contributed by atoms with Gasteiger partial charge in [-0.3, -0.25) is 0 Å². The van der Waals surface area contributed by atoms with Crippen LogP contribution in [0.4, 0.5) is 17.6 Å². The minimum Gasteiger partial charge on any atom is -0.493 e. The van der Waals surface area contributed by atoms with Gasteiger partial charge in [0.2, 0.25) is 11.9 Å². The van der Waals surface area contributed by atoms with Crippen molar-refractivity contribution in [2.24, 2.45) is 0 Å². The fourth-order valence-electron chi connectivity index (χ4n) is 2.66. The van der Waals surface area contributed by atoms with Gasteiger partial charge < -0.3 is 25.3 Å². The third-order valence-corrected chi connectivity index (χ3v) is 4.37. The van der Waals surface area contributed by atoms with Crippen LogP contribution in [0.1, 0.15) is 28.7 Å². The molecule has 0 spiro atoms. The number of nitrogens with one attached hydrogen (secondary N) is 1. The Kier molecular flexibility index (Phi) is 7.09. The number of aryl methyl sites for hydroxylation is 1. The van der Waals surface area contributed by atoms with Gasteiger partial charge >= 0.3 is 5.97 Å². The number of halogens is 1. The number of rotatable bonds is 8. The van der Waals surface area contributed by atoms with Crippen molar-refractivity contribution in [3.8, 4) is 11.5 Å². The molecule has 1 aromatic heterocycles. The Morgan fingerprint density at radius 1 is 1.16 bits per heavy atom. The first-order valence-corrected chi connectivity index (χ1v) is 9.79. The number of carbonyl (C=O) groups excluding carboxylic acids is 1. The molecule has 3 aromatic rings. The topological polar surface area (TPSA) is 121 Å². The van der Waals surface area contributed by atoms with Crippen molar-refractivity contribution in [1.82, 2.24) is 15.0 Å². The lowest BCUT2D eigenvalue weighted by Crippen LogP contribution is -2.11. The number of hydrogen-bond donors (Lipinski definition) is 2. The SMILES string of the molecule is CCOc1c(Cl)cc(C(=O)OCc2nc(N)nc(Nc3ccc(C)cc3)n2)cc1OC. The molecule has 1 heterocycles. The van der Waals surface area contributed by atoms with E-state index in [1.807, 2.05) is 38.1 Å². The molecule has 0 bridgehead atoms. The Morgan fingerprint density at radius 3 is 2.58 bits per heavy atom. The van der Waals surface area contributed by atoms with Gasteiger partial charge in [-0.05, 0) is 38.1 Å². The number of methoxy groups -OCH3 is 1. The number of nitrogens with two attached hydrogens (primary N) is 1. The van der Waals surface area contributed by atoms with Gasteiger partial charge in [-0.25, -0.2) is 4.79 Å². The molecule has 0 amide bonds. The fourth-order valence-corrected chi connectivity index (χ4v) is 2.93. The van der Waals surface area contributed by atoms with E-state index in [9.17, 15) is 4.79 Å². The Balaban J connectivity index is 1.72. The van der Waals surface area contributed by atoms with Crippen LogP contribution in [0.3, 0.4) is 0 Å². The van der Waals surface area contributed by atoms with Crippen LogP contribution < -0.4 is 20.5 Å². The lowest BCUT2D eigenvalue weighted by molar-refractivity contribution is 0.0461. The van der Waals surface area contributed by atoms with Crippen LogP contribution >= 0.6 is 11.6 Å². The molecule has 2 aromatic carbocycles. The Bertz CT molecular complexity index is 1080. The van der Waals surface area contributed by atoms with E-state index in [2.05, 4.69) is 20.3 Å². The van der Waals surface area contributed by atoms with Gasteiger partial charge in [0.05, 0.1) is 24.3 Å². The fraction of sp³-hybridized carbons (Fsp3) is 0.238. The van der Waals surface area contributed by atoms with Gasteiger partial charge in [-0.2, -0.15) is 15.0 Å². The zero-order valence-corrected chi connectivity index (χ0v) is 18.1. The van der Waals surface area contributed by atoms with Crippen LogP contribution in [0, 0.1) is 6.92 Å². The maximum atomic E-state index is 12.5. The summed E-state index contributed by atoms with van der Waals surface area (Å²) in [6, 6.07) is 10.6. The second kappa shape index (κ2) is 9.94. The van der Waals surface area contributed by atoms with E-state index in [-0.39, 0.29) is 34.9 Å². The number of esters is 1. The molecule has 0 aliphatic heterocycles. The lowest BCUT2D eigenvalue weighted by atomic mass is 10.2. The summed E-state index contributed by atoms with van der Waals surface area (Å²) in [5.74, 6) is 0.500. The number of aromatic nitrogens is 3. The monoisotopic (exact) mass is 443 g/mol. The van der Waals surface area contributed by atoms with E-state index in [0.717, 1.165) is 11.3 Å². The normalized spacial score (nSPS) is 10.5. The summed E-state index contributed by atoms with van der Waals surface area (Å²) in [4.78, 5) is 24.8. The minimum absolute atomic E-state index is 0.00133. The number of anilines is 3. The van der Waals surface area contributed by atoms with Gasteiger partial charge in [-0.1, -0.05) is 29.3 Å². The number of nitrogens with zero attached hydrogens (tertiary/aromatic N) is 3. The highest BCUT2D eigenvalue weighted by Crippen LogP contribution is 2.36. The average Bonchev–Trinajstić information content (AvgIpc) is 2.74. The van der Waals surface area contributed by atoms with Crippen molar-refractivity contribution in [3.05, 3.63) is 58.4 Å². The number of carbonyl (C=O) groups is 1. The molecule has 0 aliphatic rings. The zero-order chi connectivity index (χ0) is 22.4. The first kappa shape index (κ1) is 22.1. The average molecular weight is 444 g/mol. The van der Waals surface area contributed by atoms with Crippen molar-refractivity contribution in [2.75, 3.05) is 24.8 Å². The highest BCUT2D eigenvalue weighted by atomic mass is 35.5. The molecule has 3 rings (SSSR count). The number of nitrogen functional groups attached to an aromatic ring is 1. The lowest BCUT2D eigenvalue weighted by Gasteiger charge is -2.13. The smallest absolute Gasteiger partial charge is 0.338 e. The molecule has 0 unspecified atom stereocenters. The Morgan fingerprint density at radius 2 is 1.90 bits per heavy atom. The Labute approximate surface area is 184 Å². The van der Waals surface area contributed by atoms with Gasteiger partial charge in [0.25, 0.3) is 0 Å². The van der Waals surface area contributed by atoms with Gasteiger partial charge in [0.1, 0.15) is 0 Å². The summed E-state index contributed by atoms with van der Waals surface area (Å²) in [7, 11) is 1.46. The van der Waals surface area contributed by atoms with Crippen molar-refractivity contribution in [2.45, 2.75) is 20.5 Å². The molecule has 3 N–H and O–H groups in total. The van der Waals surface area contributed by atoms with Gasteiger partial charge in [0.15, 0.2) is 23.9 Å². The molecule has 10 heteroatoms. The van der Waals surface area contributed by atoms with Crippen LogP contribution in [0.5, 0.6) is 11.5 Å². The first-order valence-electron chi connectivity index (χ1n) is 9.41. The third-order valence-electron chi connectivity index (χ3n) is 4.09. The van der Waals surface area contributed by atoms with E-state index in [1.54, 1.807) is 0 Å². The molecule has 0 fully saturated rings. The van der Waals surface area contributed by atoms with E-state index >= 15 is 0 Å². The second-order valence-electron chi connectivity index (χ2n) is 6.42. The van der Waals surface area contributed by atoms with E-state index in [0.29, 0.717) is 18.1 Å². The van der Waals surface area contributed by atoms with Crippen molar-refractivity contribution in [1.29, 1.82) is 0 Å². The van der Waals surface area contributed by atoms with Crippen LogP contribution in [-0.2, 0) is 11.3 Å². The molecule has 0 radical (unpaired) electrons. The minimum atomic E-state index is -0.629. The molecule has 162 valence electrons.